The topological polar surface area (TPSA) is 111 Å². The Morgan fingerprint density at radius 2 is 1.86 bits per heavy atom. The monoisotopic (exact) mass is 485 g/mol. The molecule has 2 amide bonds. The van der Waals surface area contributed by atoms with Gasteiger partial charge in [0.05, 0.1) is 17.7 Å². The van der Waals surface area contributed by atoms with Crippen LogP contribution < -0.4 is 19.9 Å². The van der Waals surface area contributed by atoms with Crippen LogP contribution in [0.1, 0.15) is 16.7 Å². The lowest BCUT2D eigenvalue weighted by Crippen LogP contribution is -2.35. The van der Waals surface area contributed by atoms with Crippen LogP contribution in [0.4, 0.5) is 11.4 Å². The van der Waals surface area contributed by atoms with Crippen LogP contribution in [0, 0.1) is 10.1 Å². The van der Waals surface area contributed by atoms with Crippen LogP contribution in [0.5, 0.6) is 11.5 Å². The van der Waals surface area contributed by atoms with Gasteiger partial charge in [-0.3, -0.25) is 25.1 Å². The lowest BCUT2D eigenvalue weighted by Gasteiger charge is -2.16. The molecule has 1 aliphatic heterocycles. The molecular weight excluding hydrogens is 462 g/mol. The molecule has 0 atom stereocenters. The van der Waals surface area contributed by atoms with Gasteiger partial charge in [-0.2, -0.15) is 0 Å². The molecule has 0 unspecified atom stereocenters. The van der Waals surface area contributed by atoms with Gasteiger partial charge in [0, 0.05) is 17.7 Å². The van der Waals surface area contributed by atoms with Gasteiger partial charge in [0.1, 0.15) is 12.2 Å². The van der Waals surface area contributed by atoms with Crippen molar-refractivity contribution in [3.8, 4) is 11.5 Å². The van der Waals surface area contributed by atoms with Crippen molar-refractivity contribution in [3.05, 3.63) is 112 Å². The van der Waals surface area contributed by atoms with E-state index in [4.69, 9.17) is 9.47 Å². The van der Waals surface area contributed by atoms with Crippen molar-refractivity contribution in [2.75, 3.05) is 12.1 Å². The summed E-state index contributed by atoms with van der Waals surface area (Å²) in [5.41, 5.74) is 4.99. The van der Waals surface area contributed by atoms with Crippen molar-refractivity contribution in [2.45, 2.75) is 13.0 Å². The number of allylic oxidation sites excluding steroid dienone is 1. The molecule has 0 aromatic heterocycles. The minimum atomic E-state index is -0.515. The number of rotatable bonds is 9. The van der Waals surface area contributed by atoms with E-state index in [2.05, 4.69) is 12.0 Å². The van der Waals surface area contributed by atoms with Crippen LogP contribution in [0.15, 0.2) is 85.0 Å². The van der Waals surface area contributed by atoms with E-state index in [1.807, 2.05) is 6.07 Å². The zero-order valence-electron chi connectivity index (χ0n) is 19.5. The van der Waals surface area contributed by atoms with Gasteiger partial charge in [0.25, 0.3) is 17.5 Å². The van der Waals surface area contributed by atoms with Crippen molar-refractivity contribution in [1.82, 2.24) is 5.43 Å². The van der Waals surface area contributed by atoms with E-state index in [0.717, 1.165) is 0 Å². The van der Waals surface area contributed by atoms with E-state index in [1.54, 1.807) is 54.6 Å². The fourth-order valence-corrected chi connectivity index (χ4v) is 3.79. The lowest BCUT2D eigenvalue weighted by atomic mass is 10.0. The Morgan fingerprint density at radius 1 is 1.08 bits per heavy atom. The number of nitrogens with zero attached hydrogens (tertiary/aromatic N) is 2. The molecule has 1 N–H and O–H groups in total. The average molecular weight is 485 g/mol. The Labute approximate surface area is 207 Å². The first-order valence-electron chi connectivity index (χ1n) is 11.0. The summed E-state index contributed by atoms with van der Waals surface area (Å²) >= 11 is 0. The number of hydrogen-bond donors (Lipinski definition) is 1. The first-order valence-corrected chi connectivity index (χ1v) is 11.0. The Kier molecular flexibility index (Phi) is 7.10. The third-order valence-corrected chi connectivity index (χ3v) is 5.46. The molecule has 3 aromatic rings. The number of nitro benzene ring substituents is 1. The molecule has 1 fully saturated rings. The molecule has 9 nitrogen and oxygen atoms in total. The summed E-state index contributed by atoms with van der Waals surface area (Å²) in [5, 5.41) is 12.3. The number of hydrazine groups is 1. The highest BCUT2D eigenvalue weighted by Crippen LogP contribution is 2.35. The van der Waals surface area contributed by atoms with Crippen LogP contribution in [0.2, 0.25) is 0 Å². The second-order valence-corrected chi connectivity index (χ2v) is 7.89. The van der Waals surface area contributed by atoms with Gasteiger partial charge in [-0.15, -0.1) is 6.58 Å². The Bertz CT molecular complexity index is 1370. The maximum atomic E-state index is 12.9. The first kappa shape index (κ1) is 24.2. The number of carbonyl (C=O) groups is 2. The fraction of sp³-hybridized carbons (Fsp3) is 0.111. The predicted molar refractivity (Wildman–Crippen MR) is 134 cm³/mol. The van der Waals surface area contributed by atoms with E-state index < -0.39 is 16.7 Å². The summed E-state index contributed by atoms with van der Waals surface area (Å²) in [6, 6.07) is 18.4. The molecule has 0 saturated carbocycles. The normalized spacial score (nSPS) is 14.0. The molecule has 1 heterocycles. The maximum absolute atomic E-state index is 12.9. The van der Waals surface area contributed by atoms with Gasteiger partial charge in [-0.05, 0) is 47.9 Å². The minimum absolute atomic E-state index is 0.0178. The van der Waals surface area contributed by atoms with E-state index >= 15 is 0 Å². The van der Waals surface area contributed by atoms with Crippen LogP contribution in [-0.2, 0) is 22.6 Å². The van der Waals surface area contributed by atoms with E-state index in [-0.39, 0.29) is 17.9 Å². The number of benzene rings is 3. The van der Waals surface area contributed by atoms with E-state index in [9.17, 15) is 19.7 Å². The number of ether oxygens (including phenoxy) is 2. The molecule has 36 heavy (non-hydrogen) atoms. The highest BCUT2D eigenvalue weighted by atomic mass is 16.6. The zero-order valence-corrected chi connectivity index (χ0v) is 19.5. The number of nitro groups is 1. The highest BCUT2D eigenvalue weighted by Gasteiger charge is 2.34. The summed E-state index contributed by atoms with van der Waals surface area (Å²) in [4.78, 5) is 36.1. The summed E-state index contributed by atoms with van der Waals surface area (Å²) in [7, 11) is 1.48. The second-order valence-electron chi connectivity index (χ2n) is 7.89. The molecular formula is C27H23N3O6. The highest BCUT2D eigenvalue weighted by molar-refractivity contribution is 6.31. The molecule has 0 radical (unpaired) electrons. The smallest absolute Gasteiger partial charge is 0.282 e. The molecule has 0 spiro atoms. The van der Waals surface area contributed by atoms with Crippen LogP contribution in [0.3, 0.4) is 0 Å². The van der Waals surface area contributed by atoms with Gasteiger partial charge >= 0.3 is 0 Å². The number of hydrogen-bond acceptors (Lipinski definition) is 6. The minimum Gasteiger partial charge on any atom is -0.493 e. The predicted octanol–water partition coefficient (Wildman–Crippen LogP) is 4.37. The standard InChI is InChI=1S/C27H23N3O6/c1-3-8-20-13-19(15-23-26(31)28-29(27(23)32)21-10-5-4-6-11-21)16-24(35-2)25(20)36-17-18-9-7-12-22(14-18)30(33)34/h3-7,9-16H,1,8,17H2,2H3,(H,28,31). The van der Waals surface area contributed by atoms with E-state index in [0.29, 0.717) is 40.3 Å². The number of amides is 2. The Hall–Kier alpha value is -4.92. The van der Waals surface area contributed by atoms with Crippen LogP contribution in [-0.4, -0.2) is 23.8 Å². The quantitative estimate of drug-likeness (QED) is 0.158. The summed E-state index contributed by atoms with van der Waals surface area (Å²) < 4.78 is 11.5. The van der Waals surface area contributed by atoms with Crippen molar-refractivity contribution in [1.29, 1.82) is 0 Å². The van der Waals surface area contributed by atoms with Gasteiger partial charge < -0.3 is 9.47 Å². The zero-order chi connectivity index (χ0) is 25.7. The number of non-ortho nitro benzene ring substituents is 1. The summed E-state index contributed by atoms with van der Waals surface area (Å²) in [6.07, 6.45) is 3.62. The molecule has 1 saturated heterocycles. The summed E-state index contributed by atoms with van der Waals surface area (Å²) in [6.45, 7) is 3.87. The molecule has 3 aromatic carbocycles. The van der Waals surface area contributed by atoms with Gasteiger partial charge in [0.15, 0.2) is 11.5 Å². The van der Waals surface area contributed by atoms with Crippen molar-refractivity contribution < 1.29 is 24.0 Å². The maximum Gasteiger partial charge on any atom is 0.282 e. The number of nitrogens with one attached hydrogen (secondary N) is 1. The van der Waals surface area contributed by atoms with Gasteiger partial charge in [-0.25, -0.2) is 5.01 Å². The fourth-order valence-electron chi connectivity index (χ4n) is 3.79. The van der Waals surface area contributed by atoms with Gasteiger partial charge in [-0.1, -0.05) is 36.4 Å². The Morgan fingerprint density at radius 3 is 2.56 bits per heavy atom. The number of carbonyl (C=O) groups excluding carboxylic acids is 2. The average Bonchev–Trinajstić information content (AvgIpc) is 3.17. The Balaban J connectivity index is 1.64. The number of methoxy groups -OCH3 is 1. The molecule has 1 aliphatic rings. The molecule has 0 bridgehead atoms. The summed E-state index contributed by atoms with van der Waals surface area (Å²) in [5.74, 6) is -0.155. The molecule has 0 aliphatic carbocycles. The lowest BCUT2D eigenvalue weighted by molar-refractivity contribution is -0.384. The van der Waals surface area contributed by atoms with Gasteiger partial charge in [0.2, 0.25) is 0 Å². The van der Waals surface area contributed by atoms with Crippen molar-refractivity contribution in [2.24, 2.45) is 0 Å². The number of para-hydroxylation sites is 1. The molecule has 9 heteroatoms. The SMILES string of the molecule is C=CCc1cc(C=C2C(=O)NN(c3ccccc3)C2=O)cc(OC)c1OCc1cccc([N+](=O)[O-])c1. The number of anilines is 1. The van der Waals surface area contributed by atoms with Crippen LogP contribution >= 0.6 is 0 Å². The largest absolute Gasteiger partial charge is 0.493 e. The van der Waals surface area contributed by atoms with E-state index in [1.165, 1.54) is 30.3 Å². The second kappa shape index (κ2) is 10.6. The van der Waals surface area contributed by atoms with Crippen LogP contribution in [0.25, 0.3) is 6.08 Å². The first-order chi connectivity index (χ1) is 17.4. The third kappa shape index (κ3) is 5.10. The van der Waals surface area contributed by atoms with Crippen molar-refractivity contribution >= 4 is 29.3 Å². The van der Waals surface area contributed by atoms with Crippen molar-refractivity contribution in [3.63, 3.8) is 0 Å². The molecule has 4 rings (SSSR count). The molecule has 182 valence electrons. The third-order valence-electron chi connectivity index (χ3n) is 5.46.